The molecule has 0 unspecified atom stereocenters. The van der Waals surface area contributed by atoms with Gasteiger partial charge in [0.2, 0.25) is 5.91 Å². The number of nitrogens with zero attached hydrogens (tertiary/aromatic N) is 1. The quantitative estimate of drug-likeness (QED) is 0.490. The van der Waals surface area contributed by atoms with Crippen LogP contribution in [0.25, 0.3) is 0 Å². The number of anilines is 2. The average molecular weight is 363 g/mol. The third-order valence-electron chi connectivity index (χ3n) is 3.44. The summed E-state index contributed by atoms with van der Waals surface area (Å²) in [6, 6.07) is 7.93. The first-order valence-corrected chi connectivity index (χ1v) is 7.72. The number of aryl methyl sites for hydroxylation is 1. The van der Waals surface area contributed by atoms with Crippen LogP contribution < -0.4 is 15.4 Å². The van der Waals surface area contributed by atoms with E-state index in [-0.39, 0.29) is 31.2 Å². The molecule has 0 aliphatic carbocycles. The summed E-state index contributed by atoms with van der Waals surface area (Å²) in [6.07, 6.45) is 0. The van der Waals surface area contributed by atoms with Gasteiger partial charge in [-0.15, -0.1) is 0 Å². The van der Waals surface area contributed by atoms with Gasteiger partial charge in [0.1, 0.15) is 18.2 Å². The molecule has 138 valence electrons. The van der Waals surface area contributed by atoms with E-state index in [9.17, 15) is 19.3 Å². The van der Waals surface area contributed by atoms with Crippen molar-refractivity contribution in [1.82, 2.24) is 0 Å². The van der Waals surface area contributed by atoms with Gasteiger partial charge in [-0.1, -0.05) is 6.07 Å². The van der Waals surface area contributed by atoms with Crippen LogP contribution >= 0.6 is 0 Å². The molecular weight excluding hydrogens is 345 g/mol. The molecule has 0 saturated heterocycles. The Bertz CT molecular complexity index is 813. The van der Waals surface area contributed by atoms with Crippen molar-refractivity contribution in [3.63, 3.8) is 0 Å². The molecule has 0 spiro atoms. The van der Waals surface area contributed by atoms with Gasteiger partial charge in [-0.3, -0.25) is 14.9 Å². The number of carbonyl (C=O) groups excluding carboxylic acids is 1. The van der Waals surface area contributed by atoms with E-state index in [1.165, 1.54) is 24.3 Å². The highest BCUT2D eigenvalue weighted by molar-refractivity contribution is 5.94. The Morgan fingerprint density at radius 3 is 2.73 bits per heavy atom. The maximum atomic E-state index is 13.3. The molecule has 8 nitrogen and oxygen atoms in total. The highest BCUT2D eigenvalue weighted by Crippen LogP contribution is 2.25. The molecule has 0 aliphatic heterocycles. The first kappa shape index (κ1) is 19.1. The number of amides is 1. The minimum Gasteiger partial charge on any atom is -0.489 e. The standard InChI is InChI=1S/C17H18FN3O5/c1-11-2-4-13(21(24)25)9-15(11)20-17(23)10-19-14-5-3-12(18)8-16(14)26-7-6-22/h2-5,8-9,19,22H,6-7,10H2,1H3,(H,20,23). The molecule has 2 aromatic rings. The molecule has 1 amide bonds. The number of halogens is 1. The van der Waals surface area contributed by atoms with Gasteiger partial charge in [0, 0.05) is 18.2 Å². The topological polar surface area (TPSA) is 114 Å². The van der Waals surface area contributed by atoms with Crippen molar-refractivity contribution < 1.29 is 24.0 Å². The zero-order valence-electron chi connectivity index (χ0n) is 14.0. The van der Waals surface area contributed by atoms with E-state index in [4.69, 9.17) is 9.84 Å². The van der Waals surface area contributed by atoms with Crippen LogP contribution in [0.4, 0.5) is 21.5 Å². The second kappa shape index (κ2) is 8.77. The average Bonchev–Trinajstić information content (AvgIpc) is 2.60. The molecule has 9 heteroatoms. The minimum atomic E-state index is -0.545. The number of ether oxygens (including phenoxy) is 1. The van der Waals surface area contributed by atoms with Gasteiger partial charge >= 0.3 is 0 Å². The van der Waals surface area contributed by atoms with Crippen LogP contribution in [0.1, 0.15) is 5.56 Å². The van der Waals surface area contributed by atoms with Gasteiger partial charge in [-0.05, 0) is 24.6 Å². The van der Waals surface area contributed by atoms with E-state index >= 15 is 0 Å². The third kappa shape index (κ3) is 5.15. The summed E-state index contributed by atoms with van der Waals surface area (Å²) >= 11 is 0. The maximum Gasteiger partial charge on any atom is 0.271 e. The molecular formula is C17H18FN3O5. The second-order valence-electron chi connectivity index (χ2n) is 5.37. The molecule has 0 fully saturated rings. The molecule has 26 heavy (non-hydrogen) atoms. The Morgan fingerprint density at radius 1 is 1.27 bits per heavy atom. The van der Waals surface area contributed by atoms with Crippen molar-refractivity contribution in [2.45, 2.75) is 6.92 Å². The SMILES string of the molecule is Cc1ccc([N+](=O)[O-])cc1NC(=O)CNc1ccc(F)cc1OCCO. The van der Waals surface area contributed by atoms with Crippen molar-refractivity contribution in [2.75, 3.05) is 30.4 Å². The van der Waals surface area contributed by atoms with E-state index in [0.717, 1.165) is 6.07 Å². The van der Waals surface area contributed by atoms with Crippen LogP contribution in [0, 0.1) is 22.9 Å². The molecule has 3 N–H and O–H groups in total. The number of nitro benzene ring substituents is 1. The second-order valence-corrected chi connectivity index (χ2v) is 5.37. The normalized spacial score (nSPS) is 10.3. The zero-order valence-corrected chi connectivity index (χ0v) is 14.0. The number of rotatable bonds is 8. The van der Waals surface area contributed by atoms with Crippen molar-refractivity contribution in [3.8, 4) is 5.75 Å². The Kier molecular flexibility index (Phi) is 6.45. The fourth-order valence-corrected chi connectivity index (χ4v) is 2.15. The zero-order chi connectivity index (χ0) is 19.1. The monoisotopic (exact) mass is 363 g/mol. The Balaban J connectivity index is 2.03. The van der Waals surface area contributed by atoms with E-state index in [1.807, 2.05) is 0 Å². The summed E-state index contributed by atoms with van der Waals surface area (Å²) in [6.45, 7) is 1.30. The van der Waals surface area contributed by atoms with Crippen molar-refractivity contribution in [1.29, 1.82) is 0 Å². The number of hydrogen-bond donors (Lipinski definition) is 3. The summed E-state index contributed by atoms with van der Waals surface area (Å²) in [5.41, 5.74) is 1.27. The molecule has 0 heterocycles. The number of aliphatic hydroxyl groups excluding tert-OH is 1. The molecule has 0 radical (unpaired) electrons. The Labute approximate surface area is 148 Å². The van der Waals surface area contributed by atoms with Crippen molar-refractivity contribution in [2.24, 2.45) is 0 Å². The Morgan fingerprint density at radius 2 is 2.04 bits per heavy atom. The minimum absolute atomic E-state index is 0.0167. The number of nitrogens with one attached hydrogen (secondary N) is 2. The van der Waals surface area contributed by atoms with Gasteiger partial charge in [-0.2, -0.15) is 0 Å². The van der Waals surface area contributed by atoms with E-state index in [0.29, 0.717) is 16.9 Å². The number of aliphatic hydroxyl groups is 1. The molecule has 0 saturated carbocycles. The number of carbonyl (C=O) groups is 1. The molecule has 0 aliphatic rings. The van der Waals surface area contributed by atoms with Crippen LogP contribution in [0.5, 0.6) is 5.75 Å². The third-order valence-corrected chi connectivity index (χ3v) is 3.44. The molecule has 0 atom stereocenters. The first-order chi connectivity index (χ1) is 12.4. The number of hydrogen-bond acceptors (Lipinski definition) is 6. The lowest BCUT2D eigenvalue weighted by atomic mass is 10.2. The fourth-order valence-electron chi connectivity index (χ4n) is 2.15. The van der Waals surface area contributed by atoms with Crippen LogP contribution in [-0.4, -0.2) is 35.7 Å². The summed E-state index contributed by atoms with van der Waals surface area (Å²) in [5, 5.41) is 25.0. The van der Waals surface area contributed by atoms with Crippen LogP contribution in [0.3, 0.4) is 0 Å². The number of benzene rings is 2. The van der Waals surface area contributed by atoms with Gasteiger partial charge in [0.15, 0.2) is 0 Å². The molecule has 2 rings (SSSR count). The van der Waals surface area contributed by atoms with Crippen LogP contribution in [-0.2, 0) is 4.79 Å². The van der Waals surface area contributed by atoms with Gasteiger partial charge in [-0.25, -0.2) is 4.39 Å². The summed E-state index contributed by atoms with van der Waals surface area (Å²) < 4.78 is 18.5. The number of non-ortho nitro benzene ring substituents is 1. The summed E-state index contributed by atoms with van der Waals surface area (Å²) in [5.74, 6) is -0.787. The summed E-state index contributed by atoms with van der Waals surface area (Å²) in [7, 11) is 0. The lowest BCUT2D eigenvalue weighted by molar-refractivity contribution is -0.384. The highest BCUT2D eigenvalue weighted by Gasteiger charge is 2.12. The van der Waals surface area contributed by atoms with Crippen LogP contribution in [0.2, 0.25) is 0 Å². The van der Waals surface area contributed by atoms with Gasteiger partial charge in [0.25, 0.3) is 5.69 Å². The fraction of sp³-hybridized carbons (Fsp3) is 0.235. The van der Waals surface area contributed by atoms with Gasteiger partial charge in [0.05, 0.1) is 29.4 Å². The smallest absolute Gasteiger partial charge is 0.271 e. The largest absolute Gasteiger partial charge is 0.489 e. The highest BCUT2D eigenvalue weighted by atomic mass is 19.1. The lowest BCUT2D eigenvalue weighted by Crippen LogP contribution is -2.22. The first-order valence-electron chi connectivity index (χ1n) is 7.72. The summed E-state index contributed by atoms with van der Waals surface area (Å²) in [4.78, 5) is 22.4. The molecule has 0 aromatic heterocycles. The molecule has 2 aromatic carbocycles. The van der Waals surface area contributed by atoms with Gasteiger partial charge < -0.3 is 20.5 Å². The molecule has 0 bridgehead atoms. The van der Waals surface area contributed by atoms with E-state index < -0.39 is 16.6 Å². The Hall–Kier alpha value is -3.20. The van der Waals surface area contributed by atoms with Crippen molar-refractivity contribution in [3.05, 3.63) is 57.9 Å². The van der Waals surface area contributed by atoms with Crippen molar-refractivity contribution >= 4 is 23.0 Å². The predicted octanol–water partition coefficient (Wildman–Crippen LogP) is 2.46. The van der Waals surface area contributed by atoms with E-state index in [1.54, 1.807) is 13.0 Å². The number of nitro groups is 1. The lowest BCUT2D eigenvalue weighted by Gasteiger charge is -2.13. The van der Waals surface area contributed by atoms with E-state index in [2.05, 4.69) is 10.6 Å². The predicted molar refractivity (Wildman–Crippen MR) is 93.9 cm³/mol. The maximum absolute atomic E-state index is 13.3. The van der Waals surface area contributed by atoms with Crippen LogP contribution in [0.15, 0.2) is 36.4 Å².